The van der Waals surface area contributed by atoms with Crippen LogP contribution in [-0.4, -0.2) is 25.6 Å². The summed E-state index contributed by atoms with van der Waals surface area (Å²) in [5, 5.41) is 6.25. The van der Waals surface area contributed by atoms with Crippen molar-refractivity contribution in [3.8, 4) is 5.75 Å². The fourth-order valence-electron chi connectivity index (χ4n) is 2.25. The van der Waals surface area contributed by atoms with Crippen LogP contribution in [0.25, 0.3) is 0 Å². The van der Waals surface area contributed by atoms with Crippen LogP contribution in [0, 0.1) is 0 Å². The Morgan fingerprint density at radius 2 is 2.32 bits per heavy atom. The second-order valence-corrected chi connectivity index (χ2v) is 5.59. The van der Waals surface area contributed by atoms with E-state index >= 15 is 0 Å². The van der Waals surface area contributed by atoms with Gasteiger partial charge < -0.3 is 15.4 Å². The maximum Gasteiger partial charge on any atom is 0.237 e. The maximum atomic E-state index is 11.8. The van der Waals surface area contributed by atoms with Gasteiger partial charge in [0.25, 0.3) is 0 Å². The van der Waals surface area contributed by atoms with E-state index in [4.69, 9.17) is 4.74 Å². The van der Waals surface area contributed by atoms with Gasteiger partial charge in [0.15, 0.2) is 0 Å². The molecule has 1 aromatic rings. The summed E-state index contributed by atoms with van der Waals surface area (Å²) < 4.78 is 6.34. The molecule has 1 atom stereocenters. The number of hydrogen-bond donors (Lipinski definition) is 2. The maximum absolute atomic E-state index is 11.8. The third-order valence-corrected chi connectivity index (χ3v) is 3.81. The van der Waals surface area contributed by atoms with Gasteiger partial charge in [0.2, 0.25) is 5.91 Å². The highest BCUT2D eigenvalue weighted by Gasteiger charge is 2.20. The lowest BCUT2D eigenvalue weighted by molar-refractivity contribution is -0.122. The minimum atomic E-state index is -0.105. The predicted octanol–water partition coefficient (Wildman–Crippen LogP) is 2.22. The molecule has 5 heteroatoms. The van der Waals surface area contributed by atoms with Crippen LogP contribution in [0.1, 0.15) is 24.8 Å². The molecule has 4 nitrogen and oxygen atoms in total. The first kappa shape index (κ1) is 14.3. The van der Waals surface area contributed by atoms with E-state index in [0.717, 1.165) is 41.6 Å². The molecule has 1 aromatic carbocycles. The molecular formula is C14H19BrN2O2. The molecule has 0 radical (unpaired) electrons. The molecule has 0 unspecified atom stereocenters. The topological polar surface area (TPSA) is 50.4 Å². The van der Waals surface area contributed by atoms with E-state index in [1.165, 1.54) is 0 Å². The summed E-state index contributed by atoms with van der Waals surface area (Å²) >= 11 is 3.45. The highest BCUT2D eigenvalue weighted by Crippen LogP contribution is 2.23. The lowest BCUT2D eigenvalue weighted by Gasteiger charge is -2.16. The molecule has 1 aliphatic heterocycles. The molecule has 0 bridgehead atoms. The third kappa shape index (κ3) is 3.94. The molecule has 0 spiro atoms. The Morgan fingerprint density at radius 1 is 1.47 bits per heavy atom. The number of benzene rings is 1. The van der Waals surface area contributed by atoms with Gasteiger partial charge in [-0.15, -0.1) is 0 Å². The zero-order valence-corrected chi connectivity index (χ0v) is 12.6. The number of halogens is 1. The van der Waals surface area contributed by atoms with Crippen LogP contribution in [0.4, 0.5) is 0 Å². The Balaban J connectivity index is 2.01. The molecule has 0 aliphatic carbocycles. The van der Waals surface area contributed by atoms with Gasteiger partial charge in [0.05, 0.1) is 13.2 Å². The van der Waals surface area contributed by atoms with E-state index in [1.807, 2.05) is 18.2 Å². The van der Waals surface area contributed by atoms with Gasteiger partial charge in [-0.3, -0.25) is 4.79 Å². The van der Waals surface area contributed by atoms with Gasteiger partial charge in [-0.2, -0.15) is 0 Å². The minimum Gasteiger partial charge on any atom is -0.496 e. The number of ether oxygens (including phenoxy) is 1. The van der Waals surface area contributed by atoms with Crippen LogP contribution < -0.4 is 15.4 Å². The zero-order valence-electron chi connectivity index (χ0n) is 11.0. The Bertz CT molecular complexity index is 451. The normalized spacial score (nSPS) is 19.7. The lowest BCUT2D eigenvalue weighted by Crippen LogP contribution is -2.42. The first-order valence-electron chi connectivity index (χ1n) is 6.54. The van der Waals surface area contributed by atoms with Crippen LogP contribution in [0.5, 0.6) is 5.75 Å². The summed E-state index contributed by atoms with van der Waals surface area (Å²) in [6.07, 6.45) is 3.03. The summed E-state index contributed by atoms with van der Waals surface area (Å²) in [7, 11) is 1.66. The number of carbonyl (C=O) groups excluding carboxylic acids is 1. The molecule has 19 heavy (non-hydrogen) atoms. The van der Waals surface area contributed by atoms with Crippen molar-refractivity contribution < 1.29 is 9.53 Å². The van der Waals surface area contributed by atoms with Crippen LogP contribution >= 0.6 is 15.9 Å². The number of amides is 1. The summed E-state index contributed by atoms with van der Waals surface area (Å²) in [5.74, 6) is 0.941. The monoisotopic (exact) mass is 326 g/mol. The Morgan fingerprint density at radius 3 is 3.11 bits per heavy atom. The molecule has 2 N–H and O–H groups in total. The standard InChI is InChI=1S/C14H19BrN2O2/c1-19-13-6-5-11(15)8-10(13)9-17-12-4-2-3-7-16-14(12)18/h5-6,8,12,17H,2-4,7,9H2,1H3,(H,16,18)/t12-/m0/s1. The van der Waals surface area contributed by atoms with Gasteiger partial charge in [0, 0.05) is 23.1 Å². The van der Waals surface area contributed by atoms with Gasteiger partial charge in [-0.05, 0) is 37.5 Å². The largest absolute Gasteiger partial charge is 0.496 e. The number of carbonyl (C=O) groups is 1. The average molecular weight is 327 g/mol. The van der Waals surface area contributed by atoms with Crippen LogP contribution in [0.15, 0.2) is 22.7 Å². The molecule has 2 rings (SSSR count). The van der Waals surface area contributed by atoms with Crippen molar-refractivity contribution >= 4 is 21.8 Å². The van der Waals surface area contributed by atoms with Crippen LogP contribution in [0.2, 0.25) is 0 Å². The lowest BCUT2D eigenvalue weighted by atomic mass is 10.1. The van der Waals surface area contributed by atoms with E-state index < -0.39 is 0 Å². The fraction of sp³-hybridized carbons (Fsp3) is 0.500. The van der Waals surface area contributed by atoms with Crippen LogP contribution in [-0.2, 0) is 11.3 Å². The van der Waals surface area contributed by atoms with Gasteiger partial charge >= 0.3 is 0 Å². The molecule has 1 amide bonds. The van der Waals surface area contributed by atoms with Crippen molar-refractivity contribution in [2.24, 2.45) is 0 Å². The quantitative estimate of drug-likeness (QED) is 0.892. The number of rotatable bonds is 4. The number of nitrogens with one attached hydrogen (secondary N) is 2. The van der Waals surface area contributed by atoms with Crippen molar-refractivity contribution in [1.82, 2.24) is 10.6 Å². The van der Waals surface area contributed by atoms with E-state index in [1.54, 1.807) is 7.11 Å². The summed E-state index contributed by atoms with van der Waals surface area (Å²) in [6.45, 7) is 1.41. The average Bonchev–Trinajstić information content (AvgIpc) is 2.61. The van der Waals surface area contributed by atoms with Gasteiger partial charge in [0.1, 0.15) is 5.75 Å². The van der Waals surface area contributed by atoms with Gasteiger partial charge in [-0.25, -0.2) is 0 Å². The molecule has 0 saturated carbocycles. The SMILES string of the molecule is COc1ccc(Br)cc1CN[C@H]1CCCCNC1=O. The van der Waals surface area contributed by atoms with E-state index in [-0.39, 0.29) is 11.9 Å². The third-order valence-electron chi connectivity index (χ3n) is 3.32. The molecule has 1 aliphatic rings. The van der Waals surface area contributed by atoms with Crippen molar-refractivity contribution in [1.29, 1.82) is 0 Å². The first-order valence-corrected chi connectivity index (χ1v) is 7.33. The second-order valence-electron chi connectivity index (χ2n) is 4.68. The molecule has 0 aromatic heterocycles. The minimum absolute atomic E-state index is 0.103. The smallest absolute Gasteiger partial charge is 0.237 e. The van der Waals surface area contributed by atoms with E-state index in [2.05, 4.69) is 26.6 Å². The number of hydrogen-bond acceptors (Lipinski definition) is 3. The predicted molar refractivity (Wildman–Crippen MR) is 78.2 cm³/mol. The highest BCUT2D eigenvalue weighted by atomic mass is 79.9. The summed E-state index contributed by atoms with van der Waals surface area (Å²) in [5.41, 5.74) is 1.05. The fourth-order valence-corrected chi connectivity index (χ4v) is 2.66. The van der Waals surface area contributed by atoms with E-state index in [0.29, 0.717) is 6.54 Å². The van der Waals surface area contributed by atoms with Crippen molar-refractivity contribution in [3.05, 3.63) is 28.2 Å². The molecule has 1 fully saturated rings. The molecular weight excluding hydrogens is 308 g/mol. The summed E-state index contributed by atoms with van der Waals surface area (Å²) in [6, 6.07) is 5.78. The second kappa shape index (κ2) is 6.91. The molecule has 1 saturated heterocycles. The highest BCUT2D eigenvalue weighted by molar-refractivity contribution is 9.10. The van der Waals surface area contributed by atoms with Gasteiger partial charge in [-0.1, -0.05) is 15.9 Å². The van der Waals surface area contributed by atoms with E-state index in [9.17, 15) is 4.79 Å². The molecule has 104 valence electrons. The summed E-state index contributed by atoms with van der Waals surface area (Å²) in [4.78, 5) is 11.8. The zero-order chi connectivity index (χ0) is 13.7. The first-order chi connectivity index (χ1) is 9.20. The van der Waals surface area contributed by atoms with Crippen molar-refractivity contribution in [3.63, 3.8) is 0 Å². The Hall–Kier alpha value is -1.07. The van der Waals surface area contributed by atoms with Crippen molar-refractivity contribution in [2.45, 2.75) is 31.8 Å². The van der Waals surface area contributed by atoms with Crippen LogP contribution in [0.3, 0.4) is 0 Å². The van der Waals surface area contributed by atoms with Crippen molar-refractivity contribution in [2.75, 3.05) is 13.7 Å². The number of methoxy groups -OCH3 is 1. The Labute approximate surface area is 122 Å². The Kier molecular flexibility index (Phi) is 5.22. The molecule has 1 heterocycles.